The van der Waals surface area contributed by atoms with Crippen molar-refractivity contribution >= 4 is 40.0 Å². The number of rotatable bonds is 8. The number of ketones is 1. The van der Waals surface area contributed by atoms with Gasteiger partial charge in [0, 0.05) is 12.1 Å². The van der Waals surface area contributed by atoms with Gasteiger partial charge in [-0.3, -0.25) is 19.0 Å². The van der Waals surface area contributed by atoms with Crippen LogP contribution in [0.5, 0.6) is 0 Å². The largest absolute Gasteiger partial charge is 0.325 e. The highest BCUT2D eigenvalue weighted by atomic mass is 32.2. The number of Topliss-reactive ketones (excluding diaryl/α,β-unsaturated/α-hetero) is 1. The summed E-state index contributed by atoms with van der Waals surface area (Å²) in [5.74, 6) is -0.335. The molecule has 0 bridgehead atoms. The van der Waals surface area contributed by atoms with Crippen LogP contribution in [-0.4, -0.2) is 27.0 Å². The number of fused-ring (bicyclic) bond motifs is 1. The standard InChI is InChI=1S/C26H23N3O3S/c1-18(30)20-11-5-7-13-22(20)27-24(31)17-33-26-28-23-14-8-6-12-21(23)25(32)29(26)16-15-19-9-3-2-4-10-19/h2-14H,15-17H2,1H3,(H,27,31). The molecular formula is C26H23N3O3S. The minimum absolute atomic E-state index is 0.0579. The van der Waals surface area contributed by atoms with Gasteiger partial charge in [0.05, 0.1) is 22.3 Å². The molecule has 0 atom stereocenters. The van der Waals surface area contributed by atoms with Crippen LogP contribution in [0.2, 0.25) is 0 Å². The van der Waals surface area contributed by atoms with E-state index in [-0.39, 0.29) is 23.0 Å². The fraction of sp³-hybridized carbons (Fsp3) is 0.154. The molecule has 7 heteroatoms. The van der Waals surface area contributed by atoms with Crippen LogP contribution >= 0.6 is 11.8 Å². The lowest BCUT2D eigenvalue weighted by molar-refractivity contribution is -0.113. The SMILES string of the molecule is CC(=O)c1ccccc1NC(=O)CSc1nc2ccccc2c(=O)n1CCc1ccccc1. The Kier molecular flexibility index (Phi) is 7.00. The highest BCUT2D eigenvalue weighted by Crippen LogP contribution is 2.20. The van der Waals surface area contributed by atoms with Crippen molar-refractivity contribution in [3.8, 4) is 0 Å². The summed E-state index contributed by atoms with van der Waals surface area (Å²) in [6.45, 7) is 1.92. The minimum Gasteiger partial charge on any atom is -0.325 e. The first kappa shape index (κ1) is 22.5. The maximum absolute atomic E-state index is 13.2. The highest BCUT2D eigenvalue weighted by molar-refractivity contribution is 7.99. The van der Waals surface area contributed by atoms with Gasteiger partial charge >= 0.3 is 0 Å². The third-order valence-electron chi connectivity index (χ3n) is 5.21. The number of amides is 1. The first-order valence-corrected chi connectivity index (χ1v) is 11.6. The lowest BCUT2D eigenvalue weighted by Gasteiger charge is -2.14. The van der Waals surface area contributed by atoms with Crippen molar-refractivity contribution in [3.63, 3.8) is 0 Å². The monoisotopic (exact) mass is 457 g/mol. The van der Waals surface area contributed by atoms with E-state index >= 15 is 0 Å². The second-order valence-electron chi connectivity index (χ2n) is 7.54. The predicted molar refractivity (Wildman–Crippen MR) is 132 cm³/mol. The van der Waals surface area contributed by atoms with Crippen molar-refractivity contribution in [1.82, 2.24) is 9.55 Å². The van der Waals surface area contributed by atoms with Gasteiger partial charge in [0.2, 0.25) is 5.91 Å². The van der Waals surface area contributed by atoms with Gasteiger partial charge in [-0.2, -0.15) is 0 Å². The Labute approximate surface area is 195 Å². The zero-order chi connectivity index (χ0) is 23.2. The van der Waals surface area contributed by atoms with Crippen molar-refractivity contribution in [2.24, 2.45) is 0 Å². The van der Waals surface area contributed by atoms with Gasteiger partial charge in [0.15, 0.2) is 10.9 Å². The van der Waals surface area contributed by atoms with Gasteiger partial charge in [-0.15, -0.1) is 0 Å². The highest BCUT2D eigenvalue weighted by Gasteiger charge is 2.15. The molecule has 166 valence electrons. The second-order valence-corrected chi connectivity index (χ2v) is 8.49. The van der Waals surface area contributed by atoms with Gasteiger partial charge in [-0.25, -0.2) is 4.98 Å². The minimum atomic E-state index is -0.272. The van der Waals surface area contributed by atoms with Crippen LogP contribution in [0.1, 0.15) is 22.8 Å². The van der Waals surface area contributed by atoms with E-state index in [0.29, 0.717) is 40.3 Å². The third kappa shape index (κ3) is 5.38. The van der Waals surface area contributed by atoms with Crippen LogP contribution in [0, 0.1) is 0 Å². The van der Waals surface area contributed by atoms with Crippen LogP contribution in [0.25, 0.3) is 10.9 Å². The molecule has 3 aromatic carbocycles. The number of anilines is 1. The number of nitrogens with zero attached hydrogens (tertiary/aromatic N) is 2. The van der Waals surface area contributed by atoms with Crippen LogP contribution in [-0.2, 0) is 17.8 Å². The number of para-hydroxylation sites is 2. The Bertz CT molecular complexity index is 1370. The van der Waals surface area contributed by atoms with Crippen LogP contribution in [0.15, 0.2) is 88.8 Å². The van der Waals surface area contributed by atoms with E-state index in [0.717, 1.165) is 5.56 Å². The zero-order valence-corrected chi connectivity index (χ0v) is 19.0. The van der Waals surface area contributed by atoms with Gasteiger partial charge in [0.25, 0.3) is 5.56 Å². The van der Waals surface area contributed by atoms with Crippen LogP contribution in [0.3, 0.4) is 0 Å². The Morgan fingerprint density at radius 3 is 2.42 bits per heavy atom. The molecule has 4 rings (SSSR count). The molecule has 0 radical (unpaired) electrons. The molecule has 1 aromatic heterocycles. The van der Waals surface area contributed by atoms with Gasteiger partial charge in [-0.1, -0.05) is 66.4 Å². The molecule has 4 aromatic rings. The van der Waals surface area contributed by atoms with Crippen LogP contribution in [0.4, 0.5) is 5.69 Å². The molecule has 0 spiro atoms. The Hall–Kier alpha value is -3.71. The van der Waals surface area contributed by atoms with Crippen LogP contribution < -0.4 is 10.9 Å². The summed E-state index contributed by atoms with van der Waals surface area (Å²) in [5, 5.41) is 3.84. The molecule has 1 N–H and O–H groups in total. The molecule has 0 aliphatic rings. The van der Waals surface area contributed by atoms with E-state index in [2.05, 4.69) is 10.3 Å². The number of aryl methyl sites for hydroxylation is 1. The summed E-state index contributed by atoms with van der Waals surface area (Å²) in [4.78, 5) is 42.3. The second kappa shape index (κ2) is 10.3. The van der Waals surface area contributed by atoms with E-state index in [1.54, 1.807) is 41.0 Å². The van der Waals surface area contributed by atoms with Crippen molar-refractivity contribution in [1.29, 1.82) is 0 Å². The summed E-state index contributed by atoms with van der Waals surface area (Å²) < 4.78 is 1.64. The average molecular weight is 458 g/mol. The molecule has 0 fully saturated rings. The maximum Gasteiger partial charge on any atom is 0.262 e. The normalized spacial score (nSPS) is 10.8. The summed E-state index contributed by atoms with van der Waals surface area (Å²) in [6, 6.07) is 24.0. The molecule has 33 heavy (non-hydrogen) atoms. The molecule has 0 unspecified atom stereocenters. The Morgan fingerprint density at radius 1 is 0.939 bits per heavy atom. The number of hydrogen-bond acceptors (Lipinski definition) is 5. The van der Waals surface area contributed by atoms with E-state index in [9.17, 15) is 14.4 Å². The molecule has 0 aliphatic heterocycles. The summed E-state index contributed by atoms with van der Waals surface area (Å²) in [7, 11) is 0. The number of carbonyl (C=O) groups is 2. The maximum atomic E-state index is 13.2. The van der Waals surface area contributed by atoms with Crippen molar-refractivity contribution < 1.29 is 9.59 Å². The zero-order valence-electron chi connectivity index (χ0n) is 18.2. The number of carbonyl (C=O) groups excluding carboxylic acids is 2. The number of aromatic nitrogens is 2. The topological polar surface area (TPSA) is 81.1 Å². The molecule has 1 amide bonds. The van der Waals surface area contributed by atoms with E-state index < -0.39 is 0 Å². The van der Waals surface area contributed by atoms with E-state index in [4.69, 9.17) is 0 Å². The number of benzene rings is 3. The predicted octanol–water partition coefficient (Wildman–Crippen LogP) is 4.57. The lowest BCUT2D eigenvalue weighted by Crippen LogP contribution is -2.25. The van der Waals surface area contributed by atoms with E-state index in [1.165, 1.54) is 18.7 Å². The summed E-state index contributed by atoms with van der Waals surface area (Å²) >= 11 is 1.21. The van der Waals surface area contributed by atoms with Crippen molar-refractivity contribution in [3.05, 3.63) is 100 Å². The molecule has 0 saturated carbocycles. The first-order valence-electron chi connectivity index (χ1n) is 10.6. The number of thioether (sulfide) groups is 1. The molecule has 0 aliphatic carbocycles. The molecule has 6 nitrogen and oxygen atoms in total. The fourth-order valence-electron chi connectivity index (χ4n) is 3.56. The van der Waals surface area contributed by atoms with Gasteiger partial charge < -0.3 is 5.32 Å². The van der Waals surface area contributed by atoms with Gasteiger partial charge in [0.1, 0.15) is 0 Å². The molecular weight excluding hydrogens is 434 g/mol. The summed E-state index contributed by atoms with van der Waals surface area (Å²) in [6.07, 6.45) is 0.673. The smallest absolute Gasteiger partial charge is 0.262 e. The van der Waals surface area contributed by atoms with Crippen molar-refractivity contribution in [2.75, 3.05) is 11.1 Å². The Balaban J connectivity index is 1.56. The lowest BCUT2D eigenvalue weighted by atomic mass is 10.1. The average Bonchev–Trinajstić information content (AvgIpc) is 2.83. The Morgan fingerprint density at radius 2 is 1.64 bits per heavy atom. The first-order chi connectivity index (χ1) is 16.0. The molecule has 0 saturated heterocycles. The number of nitrogens with one attached hydrogen (secondary N) is 1. The van der Waals surface area contributed by atoms with Gasteiger partial charge in [-0.05, 0) is 43.2 Å². The quantitative estimate of drug-likeness (QED) is 0.238. The molecule has 1 heterocycles. The van der Waals surface area contributed by atoms with E-state index in [1.807, 2.05) is 42.5 Å². The van der Waals surface area contributed by atoms with Crippen molar-refractivity contribution in [2.45, 2.75) is 25.0 Å². The third-order valence-corrected chi connectivity index (χ3v) is 6.18. The summed E-state index contributed by atoms with van der Waals surface area (Å²) in [5.41, 5.74) is 2.53. The fourth-order valence-corrected chi connectivity index (χ4v) is 4.38. The number of hydrogen-bond donors (Lipinski definition) is 1.